The van der Waals surface area contributed by atoms with Crippen LogP contribution in [0.3, 0.4) is 0 Å². The average molecular weight is 300 g/mol. The van der Waals surface area contributed by atoms with Gasteiger partial charge in [-0.1, -0.05) is 6.92 Å². The Labute approximate surface area is 110 Å². The van der Waals surface area contributed by atoms with Gasteiger partial charge in [-0.05, 0) is 47.8 Å². The van der Waals surface area contributed by atoms with Crippen molar-refractivity contribution in [3.8, 4) is 0 Å². The second-order valence-electron chi connectivity index (χ2n) is 4.94. The summed E-state index contributed by atoms with van der Waals surface area (Å²) in [7, 11) is 0. The molecule has 2 fully saturated rings. The molecular weight excluding hydrogens is 282 g/mol. The molecule has 1 N–H and O–H groups in total. The van der Waals surface area contributed by atoms with Crippen LogP contribution in [0.25, 0.3) is 0 Å². The second kappa shape index (κ2) is 4.75. The fraction of sp³-hybridized carbons (Fsp3) is 0.692. The summed E-state index contributed by atoms with van der Waals surface area (Å²) < 4.78 is 12.6. The lowest BCUT2D eigenvalue weighted by molar-refractivity contribution is 0.0837. The lowest BCUT2D eigenvalue weighted by atomic mass is 9.83. The molecule has 4 atom stereocenters. The van der Waals surface area contributed by atoms with E-state index in [1.807, 2.05) is 6.07 Å². The quantitative estimate of drug-likeness (QED) is 0.927. The van der Waals surface area contributed by atoms with Gasteiger partial charge in [0.05, 0.1) is 29.0 Å². The van der Waals surface area contributed by atoms with Crippen molar-refractivity contribution in [3.63, 3.8) is 0 Å². The predicted octanol–water partition coefficient (Wildman–Crippen LogP) is 3.26. The molecule has 2 aliphatic rings. The Morgan fingerprint density at radius 2 is 2.41 bits per heavy atom. The molecule has 0 radical (unpaired) electrons. The van der Waals surface area contributed by atoms with Crippen molar-refractivity contribution in [1.82, 2.24) is 5.32 Å². The monoisotopic (exact) mass is 299 g/mol. The summed E-state index contributed by atoms with van der Waals surface area (Å²) in [6.45, 7) is 3.09. The first-order valence-electron chi connectivity index (χ1n) is 6.41. The van der Waals surface area contributed by atoms with E-state index in [2.05, 4.69) is 28.2 Å². The summed E-state index contributed by atoms with van der Waals surface area (Å²) in [6.07, 6.45) is 6.25. The Kier molecular flexibility index (Phi) is 3.28. The Hall–Kier alpha value is -0.320. The zero-order chi connectivity index (χ0) is 11.8. The molecule has 0 aromatic carbocycles. The Bertz CT molecular complexity index is 393. The summed E-state index contributed by atoms with van der Waals surface area (Å²) in [4.78, 5) is 0. The fourth-order valence-electron chi connectivity index (χ4n) is 3.21. The zero-order valence-corrected chi connectivity index (χ0v) is 11.6. The number of rotatable bonds is 4. The van der Waals surface area contributed by atoms with Crippen LogP contribution in [0.5, 0.6) is 0 Å². The van der Waals surface area contributed by atoms with Gasteiger partial charge in [0.1, 0.15) is 5.76 Å². The first-order chi connectivity index (χ1) is 8.29. The maximum absolute atomic E-state index is 5.95. The van der Waals surface area contributed by atoms with E-state index in [4.69, 9.17) is 9.15 Å². The van der Waals surface area contributed by atoms with Gasteiger partial charge in [-0.25, -0.2) is 0 Å². The first kappa shape index (κ1) is 11.8. The topological polar surface area (TPSA) is 34.4 Å². The number of ether oxygens (including phenoxy) is 1. The van der Waals surface area contributed by atoms with Gasteiger partial charge in [-0.3, -0.25) is 0 Å². The minimum absolute atomic E-state index is 0.277. The largest absolute Gasteiger partial charge is 0.466 e. The molecular formula is C13H18BrNO2. The van der Waals surface area contributed by atoms with Crippen LogP contribution in [0, 0.1) is 5.92 Å². The van der Waals surface area contributed by atoms with Crippen LogP contribution in [-0.4, -0.2) is 18.8 Å². The summed E-state index contributed by atoms with van der Waals surface area (Å²) in [5, 5.41) is 3.55. The van der Waals surface area contributed by atoms with Crippen LogP contribution in [-0.2, 0) is 4.74 Å². The highest BCUT2D eigenvalue weighted by Gasteiger charge is 2.45. The molecule has 0 saturated carbocycles. The number of fused-ring (bicyclic) bond motifs is 2. The highest BCUT2D eigenvalue weighted by molar-refractivity contribution is 9.10. The highest BCUT2D eigenvalue weighted by atomic mass is 79.9. The van der Waals surface area contributed by atoms with Gasteiger partial charge in [-0.15, -0.1) is 0 Å². The van der Waals surface area contributed by atoms with Crippen LogP contribution < -0.4 is 5.32 Å². The van der Waals surface area contributed by atoms with E-state index in [1.165, 1.54) is 12.8 Å². The summed E-state index contributed by atoms with van der Waals surface area (Å²) in [5.74, 6) is 1.57. The number of hydrogen-bond acceptors (Lipinski definition) is 3. The van der Waals surface area contributed by atoms with Crippen LogP contribution in [0.15, 0.2) is 21.2 Å². The molecule has 0 spiro atoms. The summed E-state index contributed by atoms with van der Waals surface area (Å²) in [5.41, 5.74) is 0. The lowest BCUT2D eigenvalue weighted by Gasteiger charge is -2.27. The van der Waals surface area contributed by atoms with Crippen molar-refractivity contribution >= 4 is 15.9 Å². The molecule has 2 bridgehead atoms. The van der Waals surface area contributed by atoms with E-state index in [1.54, 1.807) is 6.26 Å². The van der Waals surface area contributed by atoms with Crippen molar-refractivity contribution < 1.29 is 9.15 Å². The number of hydrogen-bond donors (Lipinski definition) is 1. The molecule has 3 rings (SSSR count). The molecule has 0 aliphatic carbocycles. The van der Waals surface area contributed by atoms with E-state index < -0.39 is 0 Å². The molecule has 1 aromatic rings. The lowest BCUT2D eigenvalue weighted by Crippen LogP contribution is -2.33. The molecule has 17 heavy (non-hydrogen) atoms. The van der Waals surface area contributed by atoms with Crippen molar-refractivity contribution in [2.75, 3.05) is 6.54 Å². The number of furan rings is 1. The second-order valence-corrected chi connectivity index (χ2v) is 5.80. The zero-order valence-electron chi connectivity index (χ0n) is 9.99. The van der Waals surface area contributed by atoms with Gasteiger partial charge in [0.15, 0.2) is 0 Å². The molecule has 3 heterocycles. The Balaban J connectivity index is 1.83. The third kappa shape index (κ3) is 2.07. The van der Waals surface area contributed by atoms with Crippen LogP contribution >= 0.6 is 15.9 Å². The van der Waals surface area contributed by atoms with Crippen LogP contribution in [0.4, 0.5) is 0 Å². The molecule has 2 aliphatic heterocycles. The SMILES string of the molecule is CCNC(c1occc1Br)C1CC2CCC1O2. The van der Waals surface area contributed by atoms with E-state index in [-0.39, 0.29) is 6.04 Å². The van der Waals surface area contributed by atoms with Gasteiger partial charge in [-0.2, -0.15) is 0 Å². The Morgan fingerprint density at radius 3 is 2.94 bits per heavy atom. The van der Waals surface area contributed by atoms with Crippen molar-refractivity contribution in [3.05, 3.63) is 22.6 Å². The summed E-state index contributed by atoms with van der Waals surface area (Å²) in [6, 6.07) is 2.24. The predicted molar refractivity (Wildman–Crippen MR) is 68.8 cm³/mol. The van der Waals surface area contributed by atoms with Crippen LogP contribution in [0.2, 0.25) is 0 Å². The summed E-state index contributed by atoms with van der Waals surface area (Å²) >= 11 is 3.56. The molecule has 4 unspecified atom stereocenters. The van der Waals surface area contributed by atoms with Crippen LogP contribution in [0.1, 0.15) is 38.0 Å². The highest BCUT2D eigenvalue weighted by Crippen LogP contribution is 2.45. The van der Waals surface area contributed by atoms with Gasteiger partial charge in [0.2, 0.25) is 0 Å². The minimum Gasteiger partial charge on any atom is -0.466 e. The smallest absolute Gasteiger partial charge is 0.135 e. The van der Waals surface area contributed by atoms with Crippen molar-refractivity contribution in [2.24, 2.45) is 5.92 Å². The van der Waals surface area contributed by atoms with Crippen molar-refractivity contribution in [2.45, 2.75) is 44.4 Å². The number of halogens is 1. The molecule has 2 saturated heterocycles. The van der Waals surface area contributed by atoms with E-state index >= 15 is 0 Å². The first-order valence-corrected chi connectivity index (χ1v) is 7.20. The molecule has 4 heteroatoms. The Morgan fingerprint density at radius 1 is 1.53 bits per heavy atom. The van der Waals surface area contributed by atoms with Gasteiger partial charge in [0, 0.05) is 5.92 Å². The molecule has 0 amide bonds. The molecule has 94 valence electrons. The maximum atomic E-state index is 5.95. The number of nitrogens with one attached hydrogen (secondary N) is 1. The fourth-order valence-corrected chi connectivity index (χ4v) is 3.66. The van der Waals surface area contributed by atoms with E-state index in [9.17, 15) is 0 Å². The van der Waals surface area contributed by atoms with Gasteiger partial charge < -0.3 is 14.5 Å². The van der Waals surface area contributed by atoms with E-state index in [0.717, 1.165) is 23.2 Å². The maximum Gasteiger partial charge on any atom is 0.135 e. The van der Waals surface area contributed by atoms with Gasteiger partial charge >= 0.3 is 0 Å². The average Bonchev–Trinajstić information content (AvgIpc) is 3.01. The van der Waals surface area contributed by atoms with E-state index in [0.29, 0.717) is 18.1 Å². The molecule has 1 aromatic heterocycles. The minimum atomic E-state index is 0.277. The third-order valence-corrected chi connectivity index (χ3v) is 4.59. The van der Waals surface area contributed by atoms with Gasteiger partial charge in [0.25, 0.3) is 0 Å². The van der Waals surface area contributed by atoms with Crippen molar-refractivity contribution in [1.29, 1.82) is 0 Å². The standard InChI is InChI=1S/C13H18BrNO2/c1-2-15-12(13-10(14)5-6-16-13)9-7-8-3-4-11(9)17-8/h5-6,8-9,11-12,15H,2-4,7H2,1H3. The normalized spacial score (nSPS) is 33.2. The third-order valence-electron chi connectivity index (χ3n) is 3.93. The molecule has 3 nitrogen and oxygen atoms in total.